The van der Waals surface area contributed by atoms with E-state index in [1.807, 2.05) is 54.6 Å². The Morgan fingerprint density at radius 1 is 0.786 bits per heavy atom. The van der Waals surface area contributed by atoms with Crippen LogP contribution in [0.25, 0.3) is 10.9 Å². The molecule has 0 saturated heterocycles. The number of nitrogens with one attached hydrogen (secondary N) is 1. The highest BCUT2D eigenvalue weighted by Gasteiger charge is 2.12. The van der Waals surface area contributed by atoms with Crippen molar-refractivity contribution in [3.8, 4) is 0 Å². The summed E-state index contributed by atoms with van der Waals surface area (Å²) in [5.41, 5.74) is 4.84. The standard InChI is InChI=1S/C34H41N3O3.2CH4/c1-37(2,3)31-18-15-27(16-19-31)25-33(38)40-24-12-7-5-4-6-11-22-36-23-21-29-26-30(17-20-32(29)36)35-34(39)28-13-9-8-10-14-28;;/h8-10,13-21,23,26H,4-7,11-12,22,24-25H2,1-3H3;2*1H4/p+1. The van der Waals surface area contributed by atoms with Gasteiger partial charge in [0.15, 0.2) is 0 Å². The van der Waals surface area contributed by atoms with Crippen molar-refractivity contribution in [1.82, 2.24) is 9.05 Å². The molecule has 1 amide bonds. The molecular weight excluding hydrogens is 522 g/mol. The fourth-order valence-electron chi connectivity index (χ4n) is 4.82. The van der Waals surface area contributed by atoms with Gasteiger partial charge in [0.1, 0.15) is 5.69 Å². The van der Waals surface area contributed by atoms with E-state index < -0.39 is 0 Å². The van der Waals surface area contributed by atoms with Crippen LogP contribution in [0, 0.1) is 0 Å². The third-order valence-corrected chi connectivity index (χ3v) is 7.18. The normalized spacial score (nSPS) is 10.9. The zero-order chi connectivity index (χ0) is 28.4. The lowest BCUT2D eigenvalue weighted by molar-refractivity contribution is -0.142. The van der Waals surface area contributed by atoms with Crippen molar-refractivity contribution in [3.05, 3.63) is 96.2 Å². The number of quaternary nitrogens is 1. The molecule has 0 saturated carbocycles. The number of esters is 1. The fourth-order valence-corrected chi connectivity index (χ4v) is 4.82. The Bertz CT molecular complexity index is 1390. The highest BCUT2D eigenvalue weighted by atomic mass is 16.5. The molecule has 0 aliphatic carbocycles. The van der Waals surface area contributed by atoms with E-state index in [-0.39, 0.29) is 26.7 Å². The second-order valence-electron chi connectivity index (χ2n) is 11.3. The van der Waals surface area contributed by atoms with Gasteiger partial charge in [-0.05, 0) is 66.9 Å². The van der Waals surface area contributed by atoms with Crippen LogP contribution in [0.2, 0.25) is 0 Å². The molecule has 0 atom stereocenters. The maximum Gasteiger partial charge on any atom is 0.310 e. The first kappa shape index (κ1) is 34.3. The topological polar surface area (TPSA) is 60.3 Å². The van der Waals surface area contributed by atoms with E-state index in [2.05, 4.69) is 61.5 Å². The summed E-state index contributed by atoms with van der Waals surface area (Å²) in [7, 11) is 6.38. The largest absolute Gasteiger partial charge is 0.465 e. The van der Waals surface area contributed by atoms with Gasteiger partial charge in [0.2, 0.25) is 0 Å². The van der Waals surface area contributed by atoms with E-state index in [1.165, 1.54) is 24.0 Å². The van der Waals surface area contributed by atoms with Gasteiger partial charge in [-0.15, -0.1) is 0 Å². The second kappa shape index (κ2) is 16.5. The summed E-state index contributed by atoms with van der Waals surface area (Å²) in [5.74, 6) is -0.249. The fraction of sp³-hybridized carbons (Fsp3) is 0.389. The average Bonchev–Trinajstić information content (AvgIpc) is 3.34. The number of anilines is 1. The number of carbonyl (C=O) groups excluding carboxylic acids is 2. The number of benzene rings is 3. The van der Waals surface area contributed by atoms with Gasteiger partial charge in [-0.25, -0.2) is 0 Å². The first-order valence-electron chi connectivity index (χ1n) is 14.3. The van der Waals surface area contributed by atoms with E-state index in [9.17, 15) is 9.59 Å². The van der Waals surface area contributed by atoms with Gasteiger partial charge < -0.3 is 14.6 Å². The van der Waals surface area contributed by atoms with Crippen LogP contribution in [0.3, 0.4) is 0 Å². The van der Waals surface area contributed by atoms with Crippen LogP contribution in [-0.2, 0) is 22.5 Å². The molecule has 3 aromatic carbocycles. The lowest BCUT2D eigenvalue weighted by atomic mass is 10.1. The zero-order valence-electron chi connectivity index (χ0n) is 24.1. The lowest BCUT2D eigenvalue weighted by Gasteiger charge is -2.23. The third kappa shape index (κ3) is 10.2. The SMILES string of the molecule is C.C.C[N+](C)(C)c1ccc(CC(=O)OCCCCCCCCn2ccc3cc(NC(=O)c4ccccc4)ccc32)cc1. The molecular formula is C36H50N3O3+. The van der Waals surface area contributed by atoms with Crippen LogP contribution in [0.5, 0.6) is 0 Å². The van der Waals surface area contributed by atoms with Crippen molar-refractivity contribution in [2.75, 3.05) is 33.1 Å². The van der Waals surface area contributed by atoms with E-state index in [0.29, 0.717) is 18.6 Å². The predicted octanol–water partition coefficient (Wildman–Crippen LogP) is 8.49. The summed E-state index contributed by atoms with van der Waals surface area (Å²) >= 11 is 0. The number of ether oxygens (including phenoxy) is 1. The smallest absolute Gasteiger partial charge is 0.310 e. The van der Waals surface area contributed by atoms with Crippen LogP contribution in [-0.4, -0.2) is 44.2 Å². The number of amides is 1. The second-order valence-corrected chi connectivity index (χ2v) is 11.3. The van der Waals surface area contributed by atoms with Crippen molar-refractivity contribution in [2.24, 2.45) is 0 Å². The summed E-state index contributed by atoms with van der Waals surface area (Å²) in [6, 6.07) is 25.6. The molecule has 0 radical (unpaired) electrons. The van der Waals surface area contributed by atoms with Gasteiger partial charge in [-0.2, -0.15) is 0 Å². The van der Waals surface area contributed by atoms with Gasteiger partial charge >= 0.3 is 5.97 Å². The van der Waals surface area contributed by atoms with Crippen molar-refractivity contribution < 1.29 is 14.3 Å². The van der Waals surface area contributed by atoms with Gasteiger partial charge in [0.25, 0.3) is 5.91 Å². The highest BCUT2D eigenvalue weighted by Crippen LogP contribution is 2.22. The number of hydrogen-bond acceptors (Lipinski definition) is 3. The Labute approximate surface area is 252 Å². The number of rotatable bonds is 14. The molecule has 42 heavy (non-hydrogen) atoms. The molecule has 6 nitrogen and oxygen atoms in total. The summed E-state index contributed by atoms with van der Waals surface area (Å²) < 4.78 is 8.49. The summed E-state index contributed by atoms with van der Waals surface area (Å²) in [6.45, 7) is 1.48. The van der Waals surface area contributed by atoms with E-state index in [1.54, 1.807) is 0 Å². The minimum Gasteiger partial charge on any atom is -0.465 e. The molecule has 0 spiro atoms. The molecule has 4 aromatic rings. The van der Waals surface area contributed by atoms with Gasteiger partial charge in [0, 0.05) is 34.9 Å². The number of hydrogen-bond donors (Lipinski definition) is 1. The summed E-state index contributed by atoms with van der Waals surface area (Å²) in [4.78, 5) is 24.6. The van der Waals surface area contributed by atoms with Crippen LogP contribution in [0.1, 0.15) is 69.3 Å². The lowest BCUT2D eigenvalue weighted by Crippen LogP contribution is -2.34. The van der Waals surface area contributed by atoms with Crippen molar-refractivity contribution in [1.29, 1.82) is 0 Å². The zero-order valence-corrected chi connectivity index (χ0v) is 24.1. The Kier molecular flexibility index (Phi) is 13.5. The van der Waals surface area contributed by atoms with Gasteiger partial charge in [-0.1, -0.05) is 70.9 Å². The summed E-state index contributed by atoms with van der Waals surface area (Å²) in [6.07, 6.45) is 9.08. The van der Waals surface area contributed by atoms with Gasteiger partial charge in [0.05, 0.1) is 34.2 Å². The molecule has 0 aliphatic heterocycles. The third-order valence-electron chi connectivity index (χ3n) is 7.18. The van der Waals surface area contributed by atoms with Crippen LogP contribution in [0.15, 0.2) is 85.1 Å². The van der Waals surface area contributed by atoms with Crippen LogP contribution >= 0.6 is 0 Å². The molecule has 0 unspecified atom stereocenters. The number of carbonyl (C=O) groups is 2. The monoisotopic (exact) mass is 572 g/mol. The van der Waals surface area contributed by atoms with Crippen molar-refractivity contribution >= 4 is 34.2 Å². The number of aryl methyl sites for hydroxylation is 1. The Hall–Kier alpha value is -3.90. The maximum absolute atomic E-state index is 12.4. The van der Waals surface area contributed by atoms with Crippen molar-refractivity contribution in [3.63, 3.8) is 0 Å². The number of unbranched alkanes of at least 4 members (excludes halogenated alkanes) is 5. The highest BCUT2D eigenvalue weighted by molar-refractivity contribution is 6.05. The first-order chi connectivity index (χ1) is 19.3. The van der Waals surface area contributed by atoms with E-state index in [4.69, 9.17) is 4.74 Å². The van der Waals surface area contributed by atoms with Crippen LogP contribution < -0.4 is 9.80 Å². The number of aromatic nitrogens is 1. The Morgan fingerprint density at radius 2 is 1.45 bits per heavy atom. The predicted molar refractivity (Wildman–Crippen MR) is 178 cm³/mol. The summed E-state index contributed by atoms with van der Waals surface area (Å²) in [5, 5.41) is 4.11. The van der Waals surface area contributed by atoms with E-state index >= 15 is 0 Å². The molecule has 6 heteroatoms. The number of nitrogens with zero attached hydrogens (tertiary/aromatic N) is 2. The average molecular weight is 573 g/mol. The molecule has 0 fully saturated rings. The quantitative estimate of drug-likeness (QED) is 0.0936. The minimum absolute atomic E-state index is 0. The molecule has 1 aromatic heterocycles. The minimum atomic E-state index is -0.150. The first-order valence-corrected chi connectivity index (χ1v) is 14.3. The maximum atomic E-state index is 12.4. The molecule has 0 aliphatic rings. The van der Waals surface area contributed by atoms with Gasteiger partial charge in [-0.3, -0.25) is 14.1 Å². The van der Waals surface area contributed by atoms with Crippen molar-refractivity contribution in [2.45, 2.75) is 66.3 Å². The molecule has 0 bridgehead atoms. The molecule has 226 valence electrons. The molecule has 1 heterocycles. The number of fused-ring (bicyclic) bond motifs is 1. The van der Waals surface area contributed by atoms with Crippen LogP contribution in [0.4, 0.5) is 11.4 Å². The van der Waals surface area contributed by atoms with E-state index in [0.717, 1.165) is 53.3 Å². The Morgan fingerprint density at radius 3 is 2.14 bits per heavy atom. The Balaban J connectivity index is 0.00000308. The molecule has 4 rings (SSSR count). The molecule has 1 N–H and O–H groups in total.